The number of hydrogen-bond donors (Lipinski definition) is 1. The third-order valence-corrected chi connectivity index (χ3v) is 2.40. The second kappa shape index (κ2) is 5.12. The lowest BCUT2D eigenvalue weighted by Crippen LogP contribution is -2.42. The highest BCUT2D eigenvalue weighted by Gasteiger charge is 2.29. The Morgan fingerprint density at radius 1 is 1.44 bits per heavy atom. The van der Waals surface area contributed by atoms with Crippen LogP contribution in [0.4, 0.5) is 4.79 Å². The molecular formula is C11H18N2O3. The van der Waals surface area contributed by atoms with Gasteiger partial charge in [0.05, 0.1) is 12.1 Å². The van der Waals surface area contributed by atoms with Crippen LogP contribution in [0.5, 0.6) is 0 Å². The molecule has 0 aromatic heterocycles. The van der Waals surface area contributed by atoms with Crippen molar-refractivity contribution in [1.82, 2.24) is 5.32 Å². The minimum atomic E-state index is -0.508. The molecule has 5 nitrogen and oxygen atoms in total. The molecule has 0 aromatic rings. The van der Waals surface area contributed by atoms with Gasteiger partial charge in [-0.1, -0.05) is 0 Å². The first-order chi connectivity index (χ1) is 7.42. The molecule has 1 N–H and O–H groups in total. The highest BCUT2D eigenvalue weighted by atomic mass is 16.6. The van der Waals surface area contributed by atoms with Crippen LogP contribution in [-0.2, 0) is 9.53 Å². The first kappa shape index (κ1) is 12.7. The van der Waals surface area contributed by atoms with E-state index in [1.807, 2.05) is 20.8 Å². The second-order valence-corrected chi connectivity index (χ2v) is 4.97. The van der Waals surface area contributed by atoms with E-state index in [2.05, 4.69) is 10.3 Å². The van der Waals surface area contributed by atoms with E-state index in [9.17, 15) is 9.59 Å². The summed E-state index contributed by atoms with van der Waals surface area (Å²) >= 11 is 0. The minimum Gasteiger partial charge on any atom is -0.444 e. The van der Waals surface area contributed by atoms with E-state index in [0.717, 1.165) is 19.3 Å². The summed E-state index contributed by atoms with van der Waals surface area (Å²) in [6.07, 6.45) is 3.69. The fourth-order valence-corrected chi connectivity index (χ4v) is 1.79. The molecule has 1 aliphatic carbocycles. The van der Waals surface area contributed by atoms with Gasteiger partial charge in [-0.05, 0) is 40.0 Å². The Labute approximate surface area is 95.3 Å². The summed E-state index contributed by atoms with van der Waals surface area (Å²) in [5.41, 5.74) is -0.508. The van der Waals surface area contributed by atoms with Crippen molar-refractivity contribution in [2.45, 2.75) is 57.7 Å². The zero-order valence-corrected chi connectivity index (χ0v) is 9.95. The van der Waals surface area contributed by atoms with Gasteiger partial charge in [-0.2, -0.15) is 0 Å². The number of carbonyl (C=O) groups excluding carboxylic acids is 2. The van der Waals surface area contributed by atoms with Crippen molar-refractivity contribution >= 4 is 12.2 Å². The Kier molecular flexibility index (Phi) is 4.07. The van der Waals surface area contributed by atoms with Crippen LogP contribution in [0.1, 0.15) is 40.0 Å². The van der Waals surface area contributed by atoms with E-state index in [4.69, 9.17) is 4.74 Å². The van der Waals surface area contributed by atoms with Gasteiger partial charge in [0.25, 0.3) is 0 Å². The van der Waals surface area contributed by atoms with Crippen LogP contribution in [-0.4, -0.2) is 29.9 Å². The van der Waals surface area contributed by atoms with Crippen molar-refractivity contribution in [1.29, 1.82) is 0 Å². The average Bonchev–Trinajstić information content (AvgIpc) is 2.50. The predicted molar refractivity (Wildman–Crippen MR) is 58.9 cm³/mol. The molecule has 90 valence electrons. The number of alkyl carbamates (subject to hydrolysis) is 1. The maximum absolute atomic E-state index is 11.5. The normalized spacial score (nSPS) is 24.7. The minimum absolute atomic E-state index is 0.101. The maximum Gasteiger partial charge on any atom is 0.407 e. The van der Waals surface area contributed by atoms with Gasteiger partial charge in [0.1, 0.15) is 5.60 Å². The lowest BCUT2D eigenvalue weighted by Gasteiger charge is -2.22. The van der Waals surface area contributed by atoms with Crippen molar-refractivity contribution in [3.05, 3.63) is 0 Å². The lowest BCUT2D eigenvalue weighted by molar-refractivity contribution is 0.0501. The van der Waals surface area contributed by atoms with E-state index < -0.39 is 11.7 Å². The molecule has 1 saturated carbocycles. The summed E-state index contributed by atoms with van der Waals surface area (Å²) in [5, 5.41) is 2.74. The van der Waals surface area contributed by atoms with Gasteiger partial charge in [-0.3, -0.25) is 0 Å². The second-order valence-electron chi connectivity index (χ2n) is 4.97. The molecule has 0 radical (unpaired) electrons. The van der Waals surface area contributed by atoms with E-state index in [1.54, 1.807) is 6.08 Å². The van der Waals surface area contributed by atoms with Crippen LogP contribution in [0, 0.1) is 0 Å². The molecule has 0 spiro atoms. The number of aliphatic imine (C=N–C) groups is 1. The van der Waals surface area contributed by atoms with Gasteiger partial charge in [-0.15, -0.1) is 0 Å². The molecule has 0 unspecified atom stereocenters. The summed E-state index contributed by atoms with van der Waals surface area (Å²) in [7, 11) is 0. The molecule has 1 rings (SSSR count). The summed E-state index contributed by atoms with van der Waals surface area (Å²) < 4.78 is 5.14. The largest absolute Gasteiger partial charge is 0.444 e. The highest BCUT2D eigenvalue weighted by Crippen LogP contribution is 2.22. The van der Waals surface area contributed by atoms with E-state index >= 15 is 0 Å². The number of rotatable bonds is 2. The molecule has 0 heterocycles. The molecule has 0 aromatic carbocycles. The zero-order chi connectivity index (χ0) is 12.2. The number of nitrogens with one attached hydrogen (secondary N) is 1. The van der Waals surface area contributed by atoms with Crippen LogP contribution >= 0.6 is 0 Å². The van der Waals surface area contributed by atoms with E-state index in [0.29, 0.717) is 0 Å². The SMILES string of the molecule is CC(C)(C)OC(=O)N[C@H]1CCC[C@@H]1N=C=O. The summed E-state index contributed by atoms with van der Waals surface area (Å²) in [6, 6.07) is -0.249. The van der Waals surface area contributed by atoms with E-state index in [1.165, 1.54) is 0 Å². The monoisotopic (exact) mass is 226 g/mol. The Bertz CT molecular complexity index is 303. The third kappa shape index (κ3) is 4.03. The molecule has 0 saturated heterocycles. The smallest absolute Gasteiger partial charge is 0.407 e. The van der Waals surface area contributed by atoms with Gasteiger partial charge in [0, 0.05) is 0 Å². The Morgan fingerprint density at radius 3 is 2.69 bits per heavy atom. The van der Waals surface area contributed by atoms with Crippen LogP contribution in [0.3, 0.4) is 0 Å². The summed E-state index contributed by atoms with van der Waals surface area (Å²) in [4.78, 5) is 25.4. The zero-order valence-electron chi connectivity index (χ0n) is 9.95. The lowest BCUT2D eigenvalue weighted by atomic mass is 10.2. The number of amides is 1. The van der Waals surface area contributed by atoms with Gasteiger partial charge >= 0.3 is 6.09 Å². The summed E-state index contributed by atoms with van der Waals surface area (Å²) in [5.74, 6) is 0. The first-order valence-electron chi connectivity index (χ1n) is 5.49. The Balaban J connectivity index is 2.47. The molecule has 2 atom stereocenters. The molecule has 5 heteroatoms. The van der Waals surface area contributed by atoms with E-state index in [-0.39, 0.29) is 12.1 Å². The topological polar surface area (TPSA) is 67.8 Å². The fraction of sp³-hybridized carbons (Fsp3) is 0.818. The number of hydrogen-bond acceptors (Lipinski definition) is 4. The molecule has 1 amide bonds. The standard InChI is InChI=1S/C11H18N2O3/c1-11(2,3)16-10(15)13-9-6-4-5-8(9)12-7-14/h8-9H,4-6H2,1-3H3,(H,13,15)/t8-,9-/m0/s1. The molecule has 0 bridgehead atoms. The van der Waals surface area contributed by atoms with Gasteiger partial charge in [0.2, 0.25) is 6.08 Å². The summed E-state index contributed by atoms with van der Waals surface area (Å²) in [6.45, 7) is 5.42. The van der Waals surface area contributed by atoms with Crippen LogP contribution < -0.4 is 5.32 Å². The number of isocyanates is 1. The third-order valence-electron chi connectivity index (χ3n) is 2.40. The molecule has 1 fully saturated rings. The number of ether oxygens (including phenoxy) is 1. The predicted octanol–water partition coefficient (Wildman–Crippen LogP) is 1.77. The van der Waals surface area contributed by atoms with Crippen molar-refractivity contribution in [3.8, 4) is 0 Å². The molecule has 1 aliphatic rings. The van der Waals surface area contributed by atoms with Crippen LogP contribution in [0.15, 0.2) is 4.99 Å². The number of nitrogens with zero attached hydrogens (tertiary/aromatic N) is 1. The van der Waals surface area contributed by atoms with Crippen LogP contribution in [0.2, 0.25) is 0 Å². The van der Waals surface area contributed by atoms with Crippen molar-refractivity contribution in [2.75, 3.05) is 0 Å². The quantitative estimate of drug-likeness (QED) is 0.576. The maximum atomic E-state index is 11.5. The number of carbonyl (C=O) groups is 1. The first-order valence-corrected chi connectivity index (χ1v) is 5.49. The van der Waals surface area contributed by atoms with Crippen molar-refractivity contribution in [2.24, 2.45) is 4.99 Å². The fourth-order valence-electron chi connectivity index (χ4n) is 1.79. The van der Waals surface area contributed by atoms with Gasteiger partial charge < -0.3 is 10.1 Å². The van der Waals surface area contributed by atoms with Crippen LogP contribution in [0.25, 0.3) is 0 Å². The average molecular weight is 226 g/mol. The molecular weight excluding hydrogens is 208 g/mol. The van der Waals surface area contributed by atoms with Crippen molar-refractivity contribution < 1.29 is 14.3 Å². The van der Waals surface area contributed by atoms with Gasteiger partial charge in [-0.25, -0.2) is 14.6 Å². The Hall–Kier alpha value is -1.35. The highest BCUT2D eigenvalue weighted by molar-refractivity contribution is 5.68. The van der Waals surface area contributed by atoms with Gasteiger partial charge in [0.15, 0.2) is 0 Å². The molecule has 16 heavy (non-hydrogen) atoms. The van der Waals surface area contributed by atoms with Crippen molar-refractivity contribution in [3.63, 3.8) is 0 Å². The molecule has 0 aliphatic heterocycles. The Morgan fingerprint density at radius 2 is 2.12 bits per heavy atom.